The van der Waals surface area contributed by atoms with Gasteiger partial charge in [0.2, 0.25) is 0 Å². The average Bonchev–Trinajstić information content (AvgIpc) is 3.19. The van der Waals surface area contributed by atoms with Crippen LogP contribution in [-0.2, 0) is 17.9 Å². The highest BCUT2D eigenvalue weighted by Gasteiger charge is 2.15. The maximum absolute atomic E-state index is 12.4. The fraction of sp³-hybridized carbons (Fsp3) is 0.227. The zero-order chi connectivity index (χ0) is 19.9. The number of hydrogen-bond acceptors (Lipinski definition) is 4. The third-order valence-electron chi connectivity index (χ3n) is 4.28. The Morgan fingerprint density at radius 3 is 2.64 bits per heavy atom. The third-order valence-corrected chi connectivity index (χ3v) is 4.28. The van der Waals surface area contributed by atoms with Crippen molar-refractivity contribution in [2.24, 2.45) is 0 Å². The molecule has 3 aromatic rings. The van der Waals surface area contributed by atoms with Gasteiger partial charge in [-0.15, -0.1) is 0 Å². The first kappa shape index (κ1) is 19.4. The summed E-state index contributed by atoms with van der Waals surface area (Å²) in [6.07, 6.45) is 2.99. The van der Waals surface area contributed by atoms with Gasteiger partial charge in [0.1, 0.15) is 5.75 Å². The molecule has 1 N–H and O–H groups in total. The molecule has 2 aromatic carbocycles. The van der Waals surface area contributed by atoms with Gasteiger partial charge in [-0.1, -0.05) is 36.4 Å². The molecule has 1 atom stereocenters. The lowest BCUT2D eigenvalue weighted by molar-refractivity contribution is -0.127. The lowest BCUT2D eigenvalue weighted by Crippen LogP contribution is -2.35. The topological polar surface area (TPSA) is 73.2 Å². The van der Waals surface area contributed by atoms with Crippen LogP contribution in [0.2, 0.25) is 0 Å². The maximum atomic E-state index is 12.4. The highest BCUT2D eigenvalue weighted by molar-refractivity contribution is 5.94. The van der Waals surface area contributed by atoms with Crippen molar-refractivity contribution in [3.8, 4) is 5.75 Å². The van der Waals surface area contributed by atoms with E-state index in [2.05, 4.69) is 10.4 Å². The Labute approximate surface area is 164 Å². The average molecular weight is 377 g/mol. The molecule has 0 aliphatic carbocycles. The summed E-state index contributed by atoms with van der Waals surface area (Å²) < 4.78 is 7.52. The van der Waals surface area contributed by atoms with Gasteiger partial charge in [0.15, 0.2) is 11.9 Å². The molecule has 0 aliphatic rings. The van der Waals surface area contributed by atoms with E-state index in [0.29, 0.717) is 24.4 Å². The van der Waals surface area contributed by atoms with Crippen LogP contribution >= 0.6 is 0 Å². The van der Waals surface area contributed by atoms with Crippen molar-refractivity contribution in [1.29, 1.82) is 0 Å². The molecule has 1 unspecified atom stereocenters. The highest BCUT2D eigenvalue weighted by Crippen LogP contribution is 2.15. The molecule has 1 aromatic heterocycles. The molecule has 1 heterocycles. The molecule has 0 bridgehead atoms. The SMILES string of the molecule is CC(=O)c1cccc(OC(C)C(=O)NCc2cccc(Cn3cccn3)c2)c1. The van der Waals surface area contributed by atoms with Gasteiger partial charge in [-0.25, -0.2) is 0 Å². The van der Waals surface area contributed by atoms with Crippen molar-refractivity contribution in [2.45, 2.75) is 33.0 Å². The number of benzene rings is 2. The molecule has 144 valence electrons. The molecule has 0 radical (unpaired) electrons. The normalized spacial score (nSPS) is 11.6. The lowest BCUT2D eigenvalue weighted by atomic mass is 10.1. The smallest absolute Gasteiger partial charge is 0.261 e. The van der Waals surface area contributed by atoms with Gasteiger partial charge >= 0.3 is 0 Å². The maximum Gasteiger partial charge on any atom is 0.261 e. The predicted octanol–water partition coefficient (Wildman–Crippen LogP) is 3.22. The second-order valence-electron chi connectivity index (χ2n) is 6.59. The summed E-state index contributed by atoms with van der Waals surface area (Å²) in [5.41, 5.74) is 2.67. The highest BCUT2D eigenvalue weighted by atomic mass is 16.5. The third kappa shape index (κ3) is 5.30. The first-order valence-corrected chi connectivity index (χ1v) is 9.12. The van der Waals surface area contributed by atoms with Crippen LogP contribution in [0.1, 0.15) is 35.3 Å². The number of ketones is 1. The molecule has 1 amide bonds. The van der Waals surface area contributed by atoms with Crippen LogP contribution in [-0.4, -0.2) is 27.6 Å². The van der Waals surface area contributed by atoms with Crippen LogP contribution in [0.3, 0.4) is 0 Å². The minimum absolute atomic E-state index is 0.0439. The lowest BCUT2D eigenvalue weighted by Gasteiger charge is -2.15. The summed E-state index contributed by atoms with van der Waals surface area (Å²) in [5.74, 6) is 0.236. The number of Topliss-reactive ketones (excluding diaryl/α,β-unsaturated/α-hetero) is 1. The molecule has 28 heavy (non-hydrogen) atoms. The molecular weight excluding hydrogens is 354 g/mol. The first-order chi connectivity index (χ1) is 13.5. The number of hydrogen-bond donors (Lipinski definition) is 1. The number of carbonyl (C=O) groups is 2. The second-order valence-corrected chi connectivity index (χ2v) is 6.59. The number of amides is 1. The van der Waals surface area contributed by atoms with E-state index in [1.54, 1.807) is 37.4 Å². The minimum Gasteiger partial charge on any atom is -0.481 e. The van der Waals surface area contributed by atoms with Crippen molar-refractivity contribution in [1.82, 2.24) is 15.1 Å². The van der Waals surface area contributed by atoms with Crippen molar-refractivity contribution < 1.29 is 14.3 Å². The molecule has 6 heteroatoms. The van der Waals surface area contributed by atoms with Crippen LogP contribution < -0.4 is 10.1 Å². The van der Waals surface area contributed by atoms with Crippen molar-refractivity contribution >= 4 is 11.7 Å². The standard InChI is InChI=1S/C22H23N3O3/c1-16(26)20-8-4-9-21(13-20)28-17(2)22(27)23-14-18-6-3-7-19(12-18)15-25-11-5-10-24-25/h3-13,17H,14-15H2,1-2H3,(H,23,27). The van der Waals surface area contributed by atoms with Crippen LogP contribution in [0.25, 0.3) is 0 Å². The van der Waals surface area contributed by atoms with Crippen molar-refractivity contribution in [3.63, 3.8) is 0 Å². The summed E-state index contributed by atoms with van der Waals surface area (Å²) in [5, 5.41) is 7.09. The largest absolute Gasteiger partial charge is 0.481 e. The van der Waals surface area contributed by atoms with Crippen LogP contribution in [0, 0.1) is 0 Å². The Balaban J connectivity index is 1.54. The molecule has 0 spiro atoms. The van der Waals surface area contributed by atoms with E-state index in [1.165, 1.54) is 6.92 Å². The molecule has 0 aliphatic heterocycles. The predicted molar refractivity (Wildman–Crippen MR) is 106 cm³/mol. The molecule has 3 rings (SSSR count). The Kier molecular flexibility index (Phi) is 6.22. The Morgan fingerprint density at radius 1 is 1.11 bits per heavy atom. The zero-order valence-electron chi connectivity index (χ0n) is 16.0. The number of nitrogens with one attached hydrogen (secondary N) is 1. The summed E-state index contributed by atoms with van der Waals surface area (Å²) in [6.45, 7) is 4.27. The van der Waals surface area contributed by atoms with Gasteiger partial charge in [0.25, 0.3) is 5.91 Å². The van der Waals surface area contributed by atoms with E-state index in [0.717, 1.165) is 11.1 Å². The van der Waals surface area contributed by atoms with Gasteiger partial charge in [0.05, 0.1) is 6.54 Å². The summed E-state index contributed by atoms with van der Waals surface area (Å²) in [7, 11) is 0. The summed E-state index contributed by atoms with van der Waals surface area (Å²) in [4.78, 5) is 23.8. The van der Waals surface area contributed by atoms with E-state index in [-0.39, 0.29) is 11.7 Å². The number of aromatic nitrogens is 2. The number of carbonyl (C=O) groups excluding carboxylic acids is 2. The van der Waals surface area contributed by atoms with E-state index < -0.39 is 6.10 Å². The van der Waals surface area contributed by atoms with E-state index >= 15 is 0 Å². The van der Waals surface area contributed by atoms with Crippen LogP contribution in [0.4, 0.5) is 0 Å². The number of nitrogens with zero attached hydrogens (tertiary/aromatic N) is 2. The molecular formula is C22H23N3O3. The molecule has 6 nitrogen and oxygen atoms in total. The second kappa shape index (κ2) is 8.99. The van der Waals surface area contributed by atoms with E-state index in [1.807, 2.05) is 41.2 Å². The van der Waals surface area contributed by atoms with Crippen molar-refractivity contribution in [3.05, 3.63) is 83.7 Å². The Morgan fingerprint density at radius 2 is 1.89 bits per heavy atom. The summed E-state index contributed by atoms with van der Waals surface area (Å²) in [6, 6.07) is 16.7. The van der Waals surface area contributed by atoms with Gasteiger partial charge in [-0.3, -0.25) is 14.3 Å². The van der Waals surface area contributed by atoms with Crippen LogP contribution in [0.15, 0.2) is 67.0 Å². The number of ether oxygens (including phenoxy) is 1. The zero-order valence-corrected chi connectivity index (χ0v) is 16.0. The fourth-order valence-corrected chi connectivity index (χ4v) is 2.80. The van der Waals surface area contributed by atoms with Crippen LogP contribution in [0.5, 0.6) is 5.75 Å². The van der Waals surface area contributed by atoms with Gasteiger partial charge in [-0.2, -0.15) is 5.10 Å². The quantitative estimate of drug-likeness (QED) is 0.612. The number of rotatable bonds is 8. The Hall–Kier alpha value is -3.41. The fourth-order valence-electron chi connectivity index (χ4n) is 2.80. The Bertz CT molecular complexity index is 951. The van der Waals surface area contributed by atoms with Crippen molar-refractivity contribution in [2.75, 3.05) is 0 Å². The first-order valence-electron chi connectivity index (χ1n) is 9.12. The molecule has 0 saturated heterocycles. The molecule has 0 saturated carbocycles. The van der Waals surface area contributed by atoms with Gasteiger partial charge < -0.3 is 10.1 Å². The van der Waals surface area contributed by atoms with E-state index in [9.17, 15) is 9.59 Å². The minimum atomic E-state index is -0.672. The summed E-state index contributed by atoms with van der Waals surface area (Å²) >= 11 is 0. The van der Waals surface area contributed by atoms with Gasteiger partial charge in [0, 0.05) is 24.5 Å². The molecule has 0 fully saturated rings. The van der Waals surface area contributed by atoms with E-state index in [4.69, 9.17) is 4.74 Å². The monoisotopic (exact) mass is 377 g/mol. The van der Waals surface area contributed by atoms with Gasteiger partial charge in [-0.05, 0) is 43.2 Å².